The summed E-state index contributed by atoms with van der Waals surface area (Å²) in [6, 6.07) is 26.2. The van der Waals surface area contributed by atoms with Crippen molar-refractivity contribution in [1.29, 1.82) is 0 Å². The fourth-order valence-corrected chi connectivity index (χ4v) is 4.26. The van der Waals surface area contributed by atoms with E-state index in [2.05, 4.69) is 55.8 Å². The van der Waals surface area contributed by atoms with Crippen molar-refractivity contribution in [2.45, 2.75) is 0 Å². The molecule has 0 bridgehead atoms. The minimum atomic E-state index is -0.172. The molecule has 0 radical (unpaired) electrons. The van der Waals surface area contributed by atoms with Crippen LogP contribution in [0.4, 0.5) is 11.4 Å². The number of carbonyl (C=O) groups is 2. The third-order valence-electron chi connectivity index (χ3n) is 4.59. The Morgan fingerprint density at radius 3 is 1.37 bits per heavy atom. The van der Waals surface area contributed by atoms with Gasteiger partial charge in [-0.15, -0.1) is 0 Å². The predicted molar refractivity (Wildman–Crippen MR) is 138 cm³/mol. The lowest BCUT2D eigenvalue weighted by molar-refractivity contribution is 0.101. The summed E-state index contributed by atoms with van der Waals surface area (Å²) in [6.07, 6.45) is 0. The molecule has 0 aromatic heterocycles. The molecule has 0 atom stereocenters. The van der Waals surface area contributed by atoms with Gasteiger partial charge in [0.2, 0.25) is 0 Å². The highest BCUT2D eigenvalue weighted by atomic mass is 127. The summed E-state index contributed by atoms with van der Waals surface area (Å²) >= 11 is 4.37. The molecule has 2 N–H and O–H groups in total. The number of halogens is 2. The van der Waals surface area contributed by atoms with Crippen LogP contribution in [0.3, 0.4) is 0 Å². The summed E-state index contributed by atoms with van der Waals surface area (Å²) in [5.74, 6) is -0.344. The average molecular weight is 618 g/mol. The van der Waals surface area contributed by atoms with Crippen molar-refractivity contribution < 1.29 is 9.59 Å². The van der Waals surface area contributed by atoms with Crippen LogP contribution < -0.4 is 10.6 Å². The van der Waals surface area contributed by atoms with E-state index in [0.29, 0.717) is 22.5 Å². The minimum Gasteiger partial charge on any atom is -0.321 e. The lowest BCUT2D eigenvalue weighted by Crippen LogP contribution is -2.13. The van der Waals surface area contributed by atoms with E-state index in [9.17, 15) is 9.59 Å². The average Bonchev–Trinajstić information content (AvgIpc) is 2.74. The maximum atomic E-state index is 12.7. The van der Waals surface area contributed by atoms with E-state index in [1.165, 1.54) is 0 Å². The highest BCUT2D eigenvalue weighted by Gasteiger charge is 2.12. The first kappa shape index (κ1) is 20.8. The van der Waals surface area contributed by atoms with Crippen LogP contribution in [0.5, 0.6) is 0 Å². The number of amides is 2. The second-order valence-corrected chi connectivity index (χ2v) is 9.13. The Balaban J connectivity index is 1.64. The summed E-state index contributed by atoms with van der Waals surface area (Å²) in [4.78, 5) is 25.4. The smallest absolute Gasteiger partial charge is 0.255 e. The summed E-state index contributed by atoms with van der Waals surface area (Å²) in [6.45, 7) is 0. The fraction of sp³-hybridized carbons (Fsp3) is 0. The van der Waals surface area contributed by atoms with Gasteiger partial charge < -0.3 is 10.6 Å². The lowest BCUT2D eigenvalue weighted by atomic mass is 10.1. The molecule has 2 amide bonds. The van der Waals surface area contributed by atoms with E-state index in [0.717, 1.165) is 17.9 Å². The van der Waals surface area contributed by atoms with Gasteiger partial charge in [-0.25, -0.2) is 0 Å². The standard InChI is InChI=1S/C24H16I2N2O2/c25-17-7-1-5-15(13-17)23(29)27-21-11-3-10-20-19(21)9-4-12-22(20)28-24(30)16-6-2-8-18(26)14-16/h1-14H,(H,27,29)(H,28,30). The molecule has 0 fully saturated rings. The van der Waals surface area contributed by atoms with Crippen LogP contribution in [0.25, 0.3) is 10.8 Å². The van der Waals surface area contributed by atoms with Crippen LogP contribution in [-0.4, -0.2) is 11.8 Å². The molecule has 0 saturated carbocycles. The molecule has 148 valence electrons. The molecular weight excluding hydrogens is 602 g/mol. The Kier molecular flexibility index (Phi) is 6.33. The molecule has 0 aliphatic carbocycles. The van der Waals surface area contributed by atoms with Crippen molar-refractivity contribution in [2.24, 2.45) is 0 Å². The van der Waals surface area contributed by atoms with Crippen molar-refractivity contribution in [1.82, 2.24) is 0 Å². The number of benzene rings is 4. The first-order valence-corrected chi connectivity index (χ1v) is 11.3. The molecule has 6 heteroatoms. The quantitative estimate of drug-likeness (QED) is 0.255. The van der Waals surface area contributed by atoms with Gasteiger partial charge in [0.15, 0.2) is 0 Å². The van der Waals surface area contributed by atoms with Gasteiger partial charge in [0.1, 0.15) is 0 Å². The Hall–Kier alpha value is -2.46. The van der Waals surface area contributed by atoms with Crippen molar-refractivity contribution in [3.63, 3.8) is 0 Å². The number of hydrogen-bond acceptors (Lipinski definition) is 2. The zero-order chi connectivity index (χ0) is 21.1. The molecule has 0 spiro atoms. The van der Waals surface area contributed by atoms with Crippen molar-refractivity contribution >= 4 is 79.1 Å². The third-order valence-corrected chi connectivity index (χ3v) is 5.93. The molecule has 0 heterocycles. The fourth-order valence-electron chi connectivity index (χ4n) is 3.18. The van der Waals surface area contributed by atoms with E-state index < -0.39 is 0 Å². The molecular formula is C24H16I2N2O2. The van der Waals surface area contributed by atoms with Gasteiger partial charge >= 0.3 is 0 Å². The van der Waals surface area contributed by atoms with Crippen LogP contribution in [0.15, 0.2) is 84.9 Å². The second kappa shape index (κ2) is 9.13. The lowest BCUT2D eigenvalue weighted by Gasteiger charge is -2.13. The summed E-state index contributed by atoms with van der Waals surface area (Å²) < 4.78 is 2.00. The van der Waals surface area contributed by atoms with Crippen LogP contribution in [0.1, 0.15) is 20.7 Å². The van der Waals surface area contributed by atoms with Gasteiger partial charge in [0.25, 0.3) is 11.8 Å². The monoisotopic (exact) mass is 618 g/mol. The molecule has 0 saturated heterocycles. The van der Waals surface area contributed by atoms with Crippen molar-refractivity contribution in [3.05, 3.63) is 103 Å². The zero-order valence-electron chi connectivity index (χ0n) is 15.7. The molecule has 4 rings (SSSR count). The van der Waals surface area contributed by atoms with Crippen molar-refractivity contribution in [3.8, 4) is 0 Å². The predicted octanol–water partition coefficient (Wildman–Crippen LogP) is 6.55. The van der Waals surface area contributed by atoms with Gasteiger partial charge in [0, 0.05) is 40.4 Å². The van der Waals surface area contributed by atoms with Crippen LogP contribution in [-0.2, 0) is 0 Å². The van der Waals surface area contributed by atoms with Crippen molar-refractivity contribution in [2.75, 3.05) is 10.6 Å². The van der Waals surface area contributed by atoms with Gasteiger partial charge in [-0.1, -0.05) is 36.4 Å². The summed E-state index contributed by atoms with van der Waals surface area (Å²) in [5.41, 5.74) is 2.59. The second-order valence-electron chi connectivity index (χ2n) is 6.64. The molecule has 4 aromatic rings. The number of nitrogens with one attached hydrogen (secondary N) is 2. The Morgan fingerprint density at radius 1 is 0.567 bits per heavy atom. The number of rotatable bonds is 4. The highest BCUT2D eigenvalue weighted by molar-refractivity contribution is 14.1. The van der Waals surface area contributed by atoms with Gasteiger partial charge in [-0.3, -0.25) is 9.59 Å². The van der Waals surface area contributed by atoms with Crippen LogP contribution in [0.2, 0.25) is 0 Å². The Morgan fingerprint density at radius 2 is 0.967 bits per heavy atom. The number of anilines is 2. The van der Waals surface area contributed by atoms with Gasteiger partial charge in [0.05, 0.1) is 0 Å². The number of fused-ring (bicyclic) bond motifs is 1. The molecule has 30 heavy (non-hydrogen) atoms. The van der Waals surface area contributed by atoms with E-state index in [1.54, 1.807) is 12.1 Å². The van der Waals surface area contributed by atoms with E-state index >= 15 is 0 Å². The SMILES string of the molecule is O=C(Nc1cccc2c(NC(=O)c3cccc(I)c3)cccc12)c1cccc(I)c1. The van der Waals surface area contributed by atoms with Crippen LogP contribution >= 0.6 is 45.2 Å². The zero-order valence-corrected chi connectivity index (χ0v) is 20.0. The first-order chi connectivity index (χ1) is 14.5. The van der Waals surface area contributed by atoms with E-state index in [-0.39, 0.29) is 11.8 Å². The first-order valence-electron chi connectivity index (χ1n) is 9.17. The maximum absolute atomic E-state index is 12.7. The molecule has 0 aliphatic heterocycles. The highest BCUT2D eigenvalue weighted by Crippen LogP contribution is 2.30. The number of carbonyl (C=O) groups excluding carboxylic acids is 2. The molecule has 4 aromatic carbocycles. The van der Waals surface area contributed by atoms with E-state index in [1.807, 2.05) is 72.8 Å². The summed E-state index contributed by atoms with van der Waals surface area (Å²) in [7, 11) is 0. The summed E-state index contributed by atoms with van der Waals surface area (Å²) in [5, 5.41) is 7.70. The normalized spacial score (nSPS) is 10.6. The minimum absolute atomic E-state index is 0.172. The topological polar surface area (TPSA) is 58.2 Å². The van der Waals surface area contributed by atoms with Gasteiger partial charge in [-0.2, -0.15) is 0 Å². The molecule has 0 unspecified atom stereocenters. The number of hydrogen-bond donors (Lipinski definition) is 2. The maximum Gasteiger partial charge on any atom is 0.255 e. The van der Waals surface area contributed by atoms with Gasteiger partial charge in [-0.05, 0) is 93.7 Å². The third kappa shape index (κ3) is 4.65. The van der Waals surface area contributed by atoms with E-state index in [4.69, 9.17) is 0 Å². The largest absolute Gasteiger partial charge is 0.321 e. The Bertz CT molecular complexity index is 1170. The Labute approximate surface area is 201 Å². The van der Waals surface area contributed by atoms with Crippen LogP contribution in [0, 0.1) is 7.14 Å². The molecule has 0 aliphatic rings. The molecule has 4 nitrogen and oxygen atoms in total.